The number of rotatable bonds is 2. The van der Waals surface area contributed by atoms with Crippen LogP contribution in [0.1, 0.15) is 21.7 Å². The fourth-order valence-electron chi connectivity index (χ4n) is 1.48. The number of hydrogen-bond acceptors (Lipinski definition) is 2. The lowest BCUT2D eigenvalue weighted by Gasteiger charge is -2.03. The Morgan fingerprint density at radius 3 is 2.71 bits per heavy atom. The summed E-state index contributed by atoms with van der Waals surface area (Å²) in [6.45, 7) is 1.77. The van der Waals surface area contributed by atoms with E-state index in [1.165, 1.54) is 12.1 Å². The van der Waals surface area contributed by atoms with Crippen LogP contribution in [0.4, 0.5) is 4.39 Å². The molecule has 0 spiro atoms. The summed E-state index contributed by atoms with van der Waals surface area (Å²) in [7, 11) is 0. The second-order valence-electron chi connectivity index (χ2n) is 3.62. The molecule has 1 heterocycles. The van der Waals surface area contributed by atoms with Crippen LogP contribution < -0.4 is 0 Å². The van der Waals surface area contributed by atoms with Gasteiger partial charge in [-0.1, -0.05) is 17.7 Å². The summed E-state index contributed by atoms with van der Waals surface area (Å²) in [5.41, 5.74) is 0.920. The molecule has 86 valence electrons. The van der Waals surface area contributed by atoms with Crippen molar-refractivity contribution in [1.82, 2.24) is 4.98 Å². The zero-order valence-corrected chi connectivity index (χ0v) is 9.83. The van der Waals surface area contributed by atoms with Crippen molar-refractivity contribution < 1.29 is 9.18 Å². The lowest BCUT2D eigenvalue weighted by Crippen LogP contribution is -2.07. The fraction of sp³-hybridized carbons (Fsp3) is 0.0769. The van der Waals surface area contributed by atoms with Crippen molar-refractivity contribution in [3.05, 3.63) is 64.2 Å². The number of benzene rings is 1. The van der Waals surface area contributed by atoms with Crippen LogP contribution in [0.5, 0.6) is 0 Å². The van der Waals surface area contributed by atoms with Crippen LogP contribution in [-0.2, 0) is 0 Å². The van der Waals surface area contributed by atoms with Crippen molar-refractivity contribution in [3.8, 4) is 0 Å². The zero-order valence-electron chi connectivity index (χ0n) is 9.08. The largest absolute Gasteiger partial charge is 0.287 e. The van der Waals surface area contributed by atoms with Gasteiger partial charge in [-0.3, -0.25) is 4.79 Å². The molecule has 0 aliphatic heterocycles. The molecule has 2 nitrogen and oxygen atoms in total. The van der Waals surface area contributed by atoms with Gasteiger partial charge >= 0.3 is 0 Å². The number of carbonyl (C=O) groups is 1. The number of pyridine rings is 1. The van der Waals surface area contributed by atoms with Crippen molar-refractivity contribution in [2.45, 2.75) is 6.92 Å². The molecule has 0 bridgehead atoms. The maximum atomic E-state index is 13.6. The van der Waals surface area contributed by atoms with Crippen LogP contribution in [0.2, 0.25) is 5.02 Å². The van der Waals surface area contributed by atoms with Crippen molar-refractivity contribution in [3.63, 3.8) is 0 Å². The number of halogens is 2. The minimum atomic E-state index is -0.634. The summed E-state index contributed by atoms with van der Waals surface area (Å²) >= 11 is 5.63. The van der Waals surface area contributed by atoms with Gasteiger partial charge in [0.2, 0.25) is 5.78 Å². The highest BCUT2D eigenvalue weighted by Gasteiger charge is 2.15. The number of ketones is 1. The fourth-order valence-corrected chi connectivity index (χ4v) is 1.64. The summed E-state index contributed by atoms with van der Waals surface area (Å²) in [5.74, 6) is -1.08. The van der Waals surface area contributed by atoms with Crippen LogP contribution in [0.3, 0.4) is 0 Å². The van der Waals surface area contributed by atoms with Crippen LogP contribution in [0, 0.1) is 12.7 Å². The maximum Gasteiger partial charge on any atom is 0.214 e. The van der Waals surface area contributed by atoms with E-state index in [0.29, 0.717) is 5.69 Å². The Morgan fingerprint density at radius 2 is 2.06 bits per heavy atom. The quantitative estimate of drug-likeness (QED) is 0.764. The van der Waals surface area contributed by atoms with Gasteiger partial charge in [-0.2, -0.15) is 0 Å². The maximum absolute atomic E-state index is 13.6. The predicted octanol–water partition coefficient (Wildman–Crippen LogP) is 3.41. The van der Waals surface area contributed by atoms with Crippen LogP contribution in [0.25, 0.3) is 0 Å². The molecule has 0 radical (unpaired) electrons. The lowest BCUT2D eigenvalue weighted by atomic mass is 10.1. The molecule has 0 N–H and O–H groups in total. The van der Waals surface area contributed by atoms with E-state index in [4.69, 9.17) is 11.6 Å². The Morgan fingerprint density at radius 1 is 1.29 bits per heavy atom. The third-order valence-corrected chi connectivity index (χ3v) is 2.53. The first-order chi connectivity index (χ1) is 8.08. The lowest BCUT2D eigenvalue weighted by molar-refractivity contribution is 0.103. The molecule has 4 heteroatoms. The van der Waals surface area contributed by atoms with E-state index in [1.54, 1.807) is 25.1 Å². The van der Waals surface area contributed by atoms with Crippen molar-refractivity contribution in [2.24, 2.45) is 0 Å². The van der Waals surface area contributed by atoms with Crippen LogP contribution in [0.15, 0.2) is 36.4 Å². The third kappa shape index (κ3) is 2.50. The smallest absolute Gasteiger partial charge is 0.214 e. The molecule has 0 amide bonds. The number of nitrogens with zero attached hydrogens (tertiary/aromatic N) is 1. The van der Waals surface area contributed by atoms with E-state index in [9.17, 15) is 9.18 Å². The Labute approximate surface area is 103 Å². The molecule has 2 rings (SSSR count). The standard InChI is InChI=1S/C13H9ClFNO/c1-8-3-2-4-12(16-8)13(17)10-6-5-9(14)7-11(10)15/h2-7H,1H3. The van der Waals surface area contributed by atoms with E-state index >= 15 is 0 Å². The first kappa shape index (κ1) is 11.7. The molecule has 0 saturated heterocycles. The Balaban J connectivity index is 2.44. The van der Waals surface area contributed by atoms with Gasteiger partial charge in [0.25, 0.3) is 0 Å². The number of aromatic nitrogens is 1. The molecule has 2 aromatic rings. The van der Waals surface area contributed by atoms with E-state index in [1.807, 2.05) is 0 Å². The van der Waals surface area contributed by atoms with Crippen molar-refractivity contribution >= 4 is 17.4 Å². The summed E-state index contributed by atoms with van der Waals surface area (Å²) in [6, 6.07) is 9.00. The third-order valence-electron chi connectivity index (χ3n) is 2.30. The number of aryl methyl sites for hydroxylation is 1. The zero-order chi connectivity index (χ0) is 12.4. The van der Waals surface area contributed by atoms with Gasteiger partial charge in [-0.05, 0) is 37.3 Å². The molecule has 0 fully saturated rings. The van der Waals surface area contributed by atoms with E-state index in [-0.39, 0.29) is 16.3 Å². The second-order valence-corrected chi connectivity index (χ2v) is 4.05. The van der Waals surface area contributed by atoms with Crippen LogP contribution >= 0.6 is 11.6 Å². The highest BCUT2D eigenvalue weighted by molar-refractivity contribution is 6.30. The summed E-state index contributed by atoms with van der Waals surface area (Å²) in [4.78, 5) is 16.0. The molecular formula is C13H9ClFNO. The van der Waals surface area contributed by atoms with Gasteiger partial charge < -0.3 is 0 Å². The molecular weight excluding hydrogens is 241 g/mol. The molecule has 0 aliphatic rings. The molecule has 0 atom stereocenters. The second kappa shape index (κ2) is 4.63. The summed E-state index contributed by atoms with van der Waals surface area (Å²) in [6.07, 6.45) is 0. The van der Waals surface area contributed by atoms with Gasteiger partial charge in [0.15, 0.2) is 0 Å². The Bertz CT molecular complexity index is 583. The van der Waals surface area contributed by atoms with Gasteiger partial charge in [0.05, 0.1) is 5.56 Å². The average molecular weight is 250 g/mol. The Hall–Kier alpha value is -1.74. The first-order valence-corrected chi connectivity index (χ1v) is 5.39. The Kier molecular flexibility index (Phi) is 3.20. The van der Waals surface area contributed by atoms with Gasteiger partial charge in [0.1, 0.15) is 11.5 Å². The molecule has 17 heavy (non-hydrogen) atoms. The predicted molar refractivity (Wildman–Crippen MR) is 63.8 cm³/mol. The molecule has 0 aliphatic carbocycles. The SMILES string of the molecule is Cc1cccc(C(=O)c2ccc(Cl)cc2F)n1. The molecule has 1 aromatic heterocycles. The minimum absolute atomic E-state index is 0.0208. The first-order valence-electron chi connectivity index (χ1n) is 5.01. The van der Waals surface area contributed by atoms with Crippen LogP contribution in [-0.4, -0.2) is 10.8 Å². The highest BCUT2D eigenvalue weighted by atomic mass is 35.5. The number of carbonyl (C=O) groups excluding carboxylic acids is 1. The average Bonchev–Trinajstić information content (AvgIpc) is 2.28. The van der Waals surface area contributed by atoms with Gasteiger partial charge in [0, 0.05) is 10.7 Å². The van der Waals surface area contributed by atoms with Gasteiger partial charge in [-0.15, -0.1) is 0 Å². The number of hydrogen-bond donors (Lipinski definition) is 0. The topological polar surface area (TPSA) is 30.0 Å². The minimum Gasteiger partial charge on any atom is -0.287 e. The van der Waals surface area contributed by atoms with Gasteiger partial charge in [-0.25, -0.2) is 9.37 Å². The monoisotopic (exact) mass is 249 g/mol. The van der Waals surface area contributed by atoms with E-state index in [2.05, 4.69) is 4.98 Å². The summed E-state index contributed by atoms with van der Waals surface area (Å²) in [5, 5.41) is 0.260. The van der Waals surface area contributed by atoms with E-state index < -0.39 is 11.6 Å². The molecule has 0 saturated carbocycles. The molecule has 1 aromatic carbocycles. The highest BCUT2D eigenvalue weighted by Crippen LogP contribution is 2.17. The van der Waals surface area contributed by atoms with Crippen molar-refractivity contribution in [2.75, 3.05) is 0 Å². The normalized spacial score (nSPS) is 10.3. The van der Waals surface area contributed by atoms with E-state index in [0.717, 1.165) is 6.07 Å². The summed E-state index contributed by atoms with van der Waals surface area (Å²) < 4.78 is 13.6. The van der Waals surface area contributed by atoms with Crippen molar-refractivity contribution in [1.29, 1.82) is 0 Å². The molecule has 0 unspecified atom stereocenters.